The standard InChI is InChI=1S/C27H27ClN2O3/c1-17(15-18-9-12-21(33-3)13-10-18)26(31)25-27(32)30(2)23-14-11-20(28)16-22(23)24(29-25)19-7-5-4-6-8-19/h4-14,16-17,25-26,31H,15H2,1-3H3/t17-,25+,26-/m0/s1. The minimum Gasteiger partial charge on any atom is -0.497 e. The van der Waals surface area contributed by atoms with Gasteiger partial charge in [0.1, 0.15) is 5.75 Å². The van der Waals surface area contributed by atoms with Gasteiger partial charge in [0.05, 0.1) is 24.6 Å². The van der Waals surface area contributed by atoms with Crippen LogP contribution in [0, 0.1) is 5.92 Å². The zero-order chi connectivity index (χ0) is 23.5. The normalized spacial score (nSPS) is 17.6. The van der Waals surface area contributed by atoms with Crippen LogP contribution in [0.25, 0.3) is 0 Å². The highest BCUT2D eigenvalue weighted by atomic mass is 35.5. The van der Waals surface area contributed by atoms with E-state index in [-0.39, 0.29) is 11.8 Å². The second-order valence-corrected chi connectivity index (χ2v) is 8.80. The topological polar surface area (TPSA) is 62.1 Å². The number of carbonyl (C=O) groups is 1. The summed E-state index contributed by atoms with van der Waals surface area (Å²) in [4.78, 5) is 19.9. The molecule has 1 aliphatic heterocycles. The molecule has 5 nitrogen and oxygen atoms in total. The molecule has 0 unspecified atom stereocenters. The summed E-state index contributed by atoms with van der Waals surface area (Å²) in [7, 11) is 3.34. The predicted octanol–water partition coefficient (Wildman–Crippen LogP) is 4.77. The number of hydrogen-bond acceptors (Lipinski definition) is 4. The molecule has 1 aliphatic rings. The number of rotatable bonds is 6. The van der Waals surface area contributed by atoms with Crippen LogP contribution in [-0.2, 0) is 11.2 Å². The third kappa shape index (κ3) is 4.80. The van der Waals surface area contributed by atoms with Gasteiger partial charge in [-0.05, 0) is 48.2 Å². The monoisotopic (exact) mass is 462 g/mol. The van der Waals surface area contributed by atoms with Gasteiger partial charge in [-0.2, -0.15) is 0 Å². The summed E-state index contributed by atoms with van der Waals surface area (Å²) in [6.07, 6.45) is -0.362. The molecule has 3 aromatic carbocycles. The molecule has 0 spiro atoms. The average Bonchev–Trinajstić information content (AvgIpc) is 2.94. The zero-order valence-corrected chi connectivity index (χ0v) is 19.7. The van der Waals surface area contributed by atoms with E-state index in [4.69, 9.17) is 21.3 Å². The number of aliphatic imine (C=N–C) groups is 1. The number of carbonyl (C=O) groups excluding carboxylic acids is 1. The number of benzodiazepines with no additional fused rings is 1. The average molecular weight is 463 g/mol. The summed E-state index contributed by atoms with van der Waals surface area (Å²) in [6, 6.07) is 21.9. The number of methoxy groups -OCH3 is 1. The second-order valence-electron chi connectivity index (χ2n) is 8.37. The zero-order valence-electron chi connectivity index (χ0n) is 18.9. The SMILES string of the molecule is COc1ccc(C[C@H](C)[C@H](O)[C@H]2N=C(c3ccccc3)c3cc(Cl)ccc3N(C)C2=O)cc1. The lowest BCUT2D eigenvalue weighted by atomic mass is 9.91. The molecule has 170 valence electrons. The van der Waals surface area contributed by atoms with E-state index in [0.29, 0.717) is 22.8 Å². The van der Waals surface area contributed by atoms with Gasteiger partial charge in [-0.3, -0.25) is 9.79 Å². The number of aliphatic hydroxyl groups excluding tert-OH is 1. The van der Waals surface area contributed by atoms with Crippen LogP contribution in [0.2, 0.25) is 5.02 Å². The largest absolute Gasteiger partial charge is 0.497 e. The van der Waals surface area contributed by atoms with Crippen LogP contribution < -0.4 is 9.64 Å². The van der Waals surface area contributed by atoms with E-state index < -0.39 is 12.1 Å². The number of benzene rings is 3. The smallest absolute Gasteiger partial charge is 0.254 e. The maximum Gasteiger partial charge on any atom is 0.254 e. The van der Waals surface area contributed by atoms with Crippen LogP contribution in [0.5, 0.6) is 5.75 Å². The van der Waals surface area contributed by atoms with Gasteiger partial charge in [-0.15, -0.1) is 0 Å². The summed E-state index contributed by atoms with van der Waals surface area (Å²) in [6.45, 7) is 1.94. The molecule has 6 heteroatoms. The first-order valence-corrected chi connectivity index (χ1v) is 11.3. The Hall–Kier alpha value is -3.15. The van der Waals surface area contributed by atoms with Crippen LogP contribution in [0.15, 0.2) is 77.8 Å². The third-order valence-corrected chi connectivity index (χ3v) is 6.33. The van der Waals surface area contributed by atoms with Gasteiger partial charge in [-0.1, -0.05) is 61.0 Å². The Balaban J connectivity index is 1.72. The summed E-state index contributed by atoms with van der Waals surface area (Å²) in [5, 5.41) is 11.9. The highest BCUT2D eigenvalue weighted by molar-refractivity contribution is 6.32. The van der Waals surface area contributed by atoms with Gasteiger partial charge < -0.3 is 14.7 Å². The number of fused-ring (bicyclic) bond motifs is 1. The van der Waals surface area contributed by atoms with Crippen LogP contribution in [0.4, 0.5) is 5.69 Å². The molecule has 0 aliphatic carbocycles. The number of aliphatic hydroxyl groups is 1. The highest BCUT2D eigenvalue weighted by Gasteiger charge is 2.37. The fourth-order valence-corrected chi connectivity index (χ4v) is 4.36. The molecule has 0 aromatic heterocycles. The van der Waals surface area contributed by atoms with Crippen molar-refractivity contribution in [2.75, 3.05) is 19.1 Å². The van der Waals surface area contributed by atoms with E-state index in [0.717, 1.165) is 22.4 Å². The molecule has 0 saturated heterocycles. The second kappa shape index (κ2) is 9.77. The maximum absolute atomic E-state index is 13.5. The van der Waals surface area contributed by atoms with E-state index >= 15 is 0 Å². The Morgan fingerprint density at radius 3 is 2.45 bits per heavy atom. The summed E-state index contributed by atoms with van der Waals surface area (Å²) >= 11 is 6.31. The lowest BCUT2D eigenvalue weighted by molar-refractivity contribution is -0.122. The van der Waals surface area contributed by atoms with Gasteiger partial charge in [0.2, 0.25) is 0 Å². The van der Waals surface area contributed by atoms with Crippen molar-refractivity contribution in [3.05, 3.63) is 94.5 Å². The van der Waals surface area contributed by atoms with Crippen LogP contribution in [0.1, 0.15) is 23.6 Å². The van der Waals surface area contributed by atoms with Crippen molar-refractivity contribution in [2.45, 2.75) is 25.5 Å². The van der Waals surface area contributed by atoms with Crippen molar-refractivity contribution in [2.24, 2.45) is 10.9 Å². The molecule has 33 heavy (non-hydrogen) atoms. The van der Waals surface area contributed by atoms with Crippen LogP contribution in [-0.4, -0.2) is 43.0 Å². The minimum absolute atomic E-state index is 0.202. The first-order valence-electron chi connectivity index (χ1n) is 10.9. The molecule has 3 atom stereocenters. The highest BCUT2D eigenvalue weighted by Crippen LogP contribution is 2.32. The van der Waals surface area contributed by atoms with Crippen molar-refractivity contribution in [1.29, 1.82) is 0 Å². The summed E-state index contributed by atoms with van der Waals surface area (Å²) < 4.78 is 5.22. The van der Waals surface area contributed by atoms with E-state index in [9.17, 15) is 9.90 Å². The van der Waals surface area contributed by atoms with Crippen LogP contribution in [0.3, 0.4) is 0 Å². The van der Waals surface area contributed by atoms with Crippen LogP contribution >= 0.6 is 11.6 Å². The lowest BCUT2D eigenvalue weighted by Crippen LogP contribution is -2.44. The van der Waals surface area contributed by atoms with Gasteiger partial charge >= 0.3 is 0 Å². The lowest BCUT2D eigenvalue weighted by Gasteiger charge is -2.27. The van der Waals surface area contributed by atoms with E-state index in [1.165, 1.54) is 0 Å². The predicted molar refractivity (Wildman–Crippen MR) is 133 cm³/mol. The molecule has 1 amide bonds. The molecule has 3 aromatic rings. The molecular weight excluding hydrogens is 436 g/mol. The molecule has 1 N–H and O–H groups in total. The third-order valence-electron chi connectivity index (χ3n) is 6.10. The van der Waals surface area contributed by atoms with Gasteiger partial charge in [0.25, 0.3) is 5.91 Å². The molecule has 1 heterocycles. The maximum atomic E-state index is 13.5. The Kier molecular flexibility index (Phi) is 6.82. The number of amides is 1. The fraction of sp³-hybridized carbons (Fsp3) is 0.259. The molecule has 0 fully saturated rings. The molecule has 0 saturated carbocycles. The van der Waals surface area contributed by atoms with Gasteiger partial charge in [0, 0.05) is 23.2 Å². The Morgan fingerprint density at radius 2 is 1.79 bits per heavy atom. The fourth-order valence-electron chi connectivity index (χ4n) is 4.19. The Labute approximate surface area is 199 Å². The number of nitrogens with zero attached hydrogens (tertiary/aromatic N) is 2. The van der Waals surface area contributed by atoms with Crippen molar-refractivity contribution >= 4 is 28.9 Å². The molecule has 4 rings (SSSR count). The first-order chi connectivity index (χ1) is 15.9. The number of anilines is 1. The Morgan fingerprint density at radius 1 is 1.09 bits per heavy atom. The van der Waals surface area contributed by atoms with E-state index in [2.05, 4.69) is 0 Å². The van der Waals surface area contributed by atoms with Crippen molar-refractivity contribution in [3.8, 4) is 5.75 Å². The van der Waals surface area contributed by atoms with E-state index in [1.807, 2.05) is 73.7 Å². The van der Waals surface area contributed by atoms with Crippen molar-refractivity contribution < 1.29 is 14.6 Å². The molecule has 0 radical (unpaired) electrons. The van der Waals surface area contributed by atoms with Gasteiger partial charge in [0.15, 0.2) is 6.04 Å². The molecular formula is C27H27ClN2O3. The number of hydrogen-bond donors (Lipinski definition) is 1. The number of ether oxygens (including phenoxy) is 1. The molecule has 0 bridgehead atoms. The summed E-state index contributed by atoms with van der Waals surface area (Å²) in [5.74, 6) is 0.325. The quantitative estimate of drug-likeness (QED) is 0.574. The van der Waals surface area contributed by atoms with E-state index in [1.54, 1.807) is 25.1 Å². The van der Waals surface area contributed by atoms with Crippen molar-refractivity contribution in [1.82, 2.24) is 0 Å². The van der Waals surface area contributed by atoms with Gasteiger partial charge in [-0.25, -0.2) is 0 Å². The van der Waals surface area contributed by atoms with Crippen molar-refractivity contribution in [3.63, 3.8) is 0 Å². The summed E-state index contributed by atoms with van der Waals surface area (Å²) in [5.41, 5.74) is 4.04. The minimum atomic E-state index is -0.967. The first kappa shape index (κ1) is 23.0. The Bertz CT molecular complexity index is 1160. The number of halogens is 1. The number of likely N-dealkylation sites (N-methyl/N-ethyl adjacent to an activating group) is 1.